The summed E-state index contributed by atoms with van der Waals surface area (Å²) in [5, 5.41) is 8.92. The maximum atomic E-state index is 10.9. The Morgan fingerprint density at radius 1 is 0.852 bits per heavy atom. The van der Waals surface area contributed by atoms with Crippen molar-refractivity contribution in [2.75, 3.05) is 25.2 Å². The molecule has 0 amide bonds. The van der Waals surface area contributed by atoms with E-state index in [4.69, 9.17) is 14.6 Å². The minimum absolute atomic E-state index is 0.0299. The first-order valence-electron chi connectivity index (χ1n) is 8.32. The Bertz CT molecular complexity index is 619. The summed E-state index contributed by atoms with van der Waals surface area (Å²) < 4.78 is 14.4. The van der Waals surface area contributed by atoms with Crippen molar-refractivity contribution in [1.82, 2.24) is 0 Å². The lowest BCUT2D eigenvalue weighted by Crippen LogP contribution is -2.14. The third kappa shape index (κ3) is 15.4. The fourth-order valence-electron chi connectivity index (χ4n) is 1.49. The average Bonchev–Trinajstić information content (AvgIpc) is 2.69. The van der Waals surface area contributed by atoms with Gasteiger partial charge in [0, 0.05) is 0 Å². The lowest BCUT2D eigenvalue weighted by Gasteiger charge is -2.04. The highest BCUT2D eigenvalue weighted by molar-refractivity contribution is 9.09. The first-order chi connectivity index (χ1) is 13.0. The molecule has 1 N–H and O–H groups in total. The second-order valence-corrected chi connectivity index (χ2v) is 5.24. The molecule has 0 spiro atoms. The quantitative estimate of drug-likeness (QED) is 0.540. The molecule has 0 bridgehead atoms. The zero-order valence-corrected chi connectivity index (χ0v) is 17.1. The van der Waals surface area contributed by atoms with E-state index in [1.54, 1.807) is 50.2 Å². The van der Waals surface area contributed by atoms with Crippen molar-refractivity contribution < 1.29 is 28.9 Å². The highest BCUT2D eigenvalue weighted by Gasteiger charge is 2.01. The predicted octanol–water partition coefficient (Wildman–Crippen LogP) is 3.97. The second-order valence-electron chi connectivity index (χ2n) is 4.68. The molecule has 0 aliphatic carbocycles. The Balaban J connectivity index is 0.000000410. The van der Waals surface area contributed by atoms with Gasteiger partial charge in [0.05, 0.1) is 13.2 Å². The first-order valence-corrected chi connectivity index (χ1v) is 9.44. The molecule has 0 radical (unpaired) electrons. The third-order valence-electron chi connectivity index (χ3n) is 2.58. The van der Waals surface area contributed by atoms with Crippen LogP contribution in [0.4, 0.5) is 0 Å². The molecule has 0 unspecified atom stereocenters. The van der Waals surface area contributed by atoms with Crippen LogP contribution >= 0.6 is 15.9 Å². The topological polar surface area (TPSA) is 82.1 Å². The third-order valence-corrected chi connectivity index (χ3v) is 3.03. The van der Waals surface area contributed by atoms with Gasteiger partial charge in [-0.25, -0.2) is 4.79 Å². The molecule has 0 fully saturated rings. The summed E-state index contributed by atoms with van der Waals surface area (Å²) in [6, 6.07) is 17.9. The Labute approximate surface area is 168 Å². The Kier molecular flexibility index (Phi) is 15.3. The highest BCUT2D eigenvalue weighted by Crippen LogP contribution is 2.07. The standard InChI is InChI=1S/C10H12O3.C6H6O.C4H7BrO2/c1-2-12-10(11)8-13-9-6-4-3-5-7-9;7-6-4-2-1-3-5-6;1-2-7-4(6)3-5/h3-7H,2,8H2,1H3;1-5,7H;2-3H2,1H3. The van der Waals surface area contributed by atoms with Gasteiger partial charge < -0.3 is 19.3 Å². The number of alkyl halides is 1. The number of hydrogen-bond acceptors (Lipinski definition) is 6. The number of halogens is 1. The summed E-state index contributed by atoms with van der Waals surface area (Å²) in [5.41, 5.74) is 0. The van der Waals surface area contributed by atoms with Crippen molar-refractivity contribution in [3.63, 3.8) is 0 Å². The summed E-state index contributed by atoms with van der Waals surface area (Å²) in [6.45, 7) is 4.36. The number of carbonyl (C=O) groups excluding carboxylic acids is 2. The molecule has 0 aromatic heterocycles. The number of carbonyl (C=O) groups is 2. The van der Waals surface area contributed by atoms with Crippen LogP contribution in [0.3, 0.4) is 0 Å². The van der Waals surface area contributed by atoms with Crippen LogP contribution < -0.4 is 4.74 Å². The predicted molar refractivity (Wildman–Crippen MR) is 107 cm³/mol. The van der Waals surface area contributed by atoms with E-state index in [9.17, 15) is 9.59 Å². The smallest absolute Gasteiger partial charge is 0.344 e. The zero-order valence-electron chi connectivity index (χ0n) is 15.5. The summed E-state index contributed by atoms with van der Waals surface area (Å²) in [5.74, 6) is 0.451. The maximum Gasteiger partial charge on any atom is 0.344 e. The Morgan fingerprint density at radius 3 is 1.70 bits per heavy atom. The molecule has 2 aromatic carbocycles. The van der Waals surface area contributed by atoms with Crippen LogP contribution in [0, 0.1) is 0 Å². The monoisotopic (exact) mass is 440 g/mol. The molecule has 0 atom stereocenters. The summed E-state index contributed by atoms with van der Waals surface area (Å²) in [4.78, 5) is 21.0. The van der Waals surface area contributed by atoms with Crippen molar-refractivity contribution >= 4 is 27.9 Å². The summed E-state index contributed by atoms with van der Waals surface area (Å²) in [7, 11) is 0. The van der Waals surface area contributed by atoms with Gasteiger partial charge in [0.25, 0.3) is 0 Å². The van der Waals surface area contributed by atoms with E-state index < -0.39 is 0 Å². The Hall–Kier alpha value is -2.54. The lowest BCUT2D eigenvalue weighted by molar-refractivity contribution is -0.145. The molecule has 0 aliphatic rings. The van der Waals surface area contributed by atoms with Gasteiger partial charge in [-0.3, -0.25) is 4.79 Å². The summed E-state index contributed by atoms with van der Waals surface area (Å²) in [6.07, 6.45) is 0. The molecular formula is C20H25BrO6. The van der Waals surface area contributed by atoms with Crippen molar-refractivity contribution in [1.29, 1.82) is 0 Å². The van der Waals surface area contributed by atoms with Gasteiger partial charge >= 0.3 is 11.9 Å². The zero-order chi connectivity index (χ0) is 20.3. The van der Waals surface area contributed by atoms with E-state index in [2.05, 4.69) is 20.7 Å². The van der Waals surface area contributed by atoms with Gasteiger partial charge in [-0.05, 0) is 38.1 Å². The number of benzene rings is 2. The number of phenols is 1. The minimum atomic E-state index is -0.341. The molecule has 0 aliphatic heterocycles. The molecule has 0 heterocycles. The number of rotatable bonds is 6. The van der Waals surface area contributed by atoms with Crippen molar-refractivity contribution in [2.45, 2.75) is 13.8 Å². The first kappa shape index (κ1) is 24.5. The van der Waals surface area contributed by atoms with Gasteiger partial charge in [-0.1, -0.05) is 52.3 Å². The van der Waals surface area contributed by atoms with Crippen molar-refractivity contribution in [3.05, 3.63) is 60.7 Å². The highest BCUT2D eigenvalue weighted by atomic mass is 79.9. The van der Waals surface area contributed by atoms with Gasteiger partial charge in [-0.2, -0.15) is 0 Å². The van der Waals surface area contributed by atoms with Crippen LogP contribution in [0.5, 0.6) is 11.5 Å². The molecule has 2 aromatic rings. The number of aromatic hydroxyl groups is 1. The van der Waals surface area contributed by atoms with E-state index in [0.717, 1.165) is 0 Å². The normalized spacial score (nSPS) is 8.85. The SMILES string of the molecule is CCOC(=O)CBr.CCOC(=O)COc1ccccc1.Oc1ccccc1. The molecule has 27 heavy (non-hydrogen) atoms. The number of esters is 2. The minimum Gasteiger partial charge on any atom is -0.508 e. The Morgan fingerprint density at radius 2 is 1.33 bits per heavy atom. The average molecular weight is 441 g/mol. The molecule has 0 saturated carbocycles. The molecule has 7 heteroatoms. The van der Waals surface area contributed by atoms with E-state index in [1.165, 1.54) is 0 Å². The van der Waals surface area contributed by atoms with E-state index in [0.29, 0.717) is 30.0 Å². The number of hydrogen-bond donors (Lipinski definition) is 1. The van der Waals surface area contributed by atoms with Crippen LogP contribution in [0.25, 0.3) is 0 Å². The van der Waals surface area contributed by atoms with Gasteiger partial charge in [-0.15, -0.1) is 0 Å². The largest absolute Gasteiger partial charge is 0.508 e. The molecular weight excluding hydrogens is 416 g/mol. The molecule has 2 rings (SSSR count). The van der Waals surface area contributed by atoms with Crippen molar-refractivity contribution in [2.24, 2.45) is 0 Å². The second kappa shape index (κ2) is 16.9. The van der Waals surface area contributed by atoms with Crippen LogP contribution in [-0.4, -0.2) is 42.2 Å². The fraction of sp³-hybridized carbons (Fsp3) is 0.300. The van der Waals surface area contributed by atoms with E-state index >= 15 is 0 Å². The van der Waals surface area contributed by atoms with Crippen LogP contribution in [0.2, 0.25) is 0 Å². The van der Waals surface area contributed by atoms with E-state index in [1.807, 2.05) is 24.3 Å². The van der Waals surface area contributed by atoms with Gasteiger partial charge in [0.1, 0.15) is 16.8 Å². The maximum absolute atomic E-state index is 10.9. The van der Waals surface area contributed by atoms with E-state index in [-0.39, 0.29) is 18.5 Å². The van der Waals surface area contributed by atoms with Crippen LogP contribution in [0.15, 0.2) is 60.7 Å². The van der Waals surface area contributed by atoms with Crippen LogP contribution in [0.1, 0.15) is 13.8 Å². The number of phenolic OH excluding ortho intramolecular Hbond substituents is 1. The number of para-hydroxylation sites is 2. The number of ether oxygens (including phenoxy) is 3. The van der Waals surface area contributed by atoms with Gasteiger partial charge in [0.2, 0.25) is 0 Å². The molecule has 148 valence electrons. The molecule has 6 nitrogen and oxygen atoms in total. The lowest BCUT2D eigenvalue weighted by atomic mass is 10.3. The van der Waals surface area contributed by atoms with Crippen LogP contribution in [-0.2, 0) is 19.1 Å². The summed E-state index contributed by atoms with van der Waals surface area (Å²) >= 11 is 2.94. The molecule has 0 saturated heterocycles. The fourth-order valence-corrected chi connectivity index (χ4v) is 1.65. The van der Waals surface area contributed by atoms with Crippen molar-refractivity contribution in [3.8, 4) is 11.5 Å². The van der Waals surface area contributed by atoms with Gasteiger partial charge in [0.15, 0.2) is 6.61 Å².